The van der Waals surface area contributed by atoms with Gasteiger partial charge in [0, 0.05) is 36.5 Å². The molecule has 0 unspecified atom stereocenters. The lowest BCUT2D eigenvalue weighted by Gasteiger charge is -2.55. The smallest absolute Gasteiger partial charge is 0.304 e. The molecule has 1 aliphatic carbocycles. The summed E-state index contributed by atoms with van der Waals surface area (Å²) in [6, 6.07) is 7.09. The van der Waals surface area contributed by atoms with Crippen LogP contribution in [0.2, 0.25) is 5.02 Å². The molecule has 0 N–H and O–H groups in total. The molecule has 3 saturated heterocycles. The van der Waals surface area contributed by atoms with Crippen molar-refractivity contribution in [2.75, 3.05) is 24.7 Å². The largest absolute Gasteiger partial charge is 0.451 e. The van der Waals surface area contributed by atoms with Crippen LogP contribution in [0.25, 0.3) is 0 Å². The SMILES string of the molecule is O=C(c1cocn1)N(OC1[C@H]2CC3C[C@H]1CN(C3)C2)c1ccc(Cl)cc1. The van der Waals surface area contributed by atoms with Crippen LogP contribution in [0.1, 0.15) is 23.3 Å². The van der Waals surface area contributed by atoms with Crippen molar-refractivity contribution in [3.05, 3.63) is 47.6 Å². The van der Waals surface area contributed by atoms with Gasteiger partial charge < -0.3 is 9.32 Å². The van der Waals surface area contributed by atoms with E-state index in [1.54, 1.807) is 24.3 Å². The molecule has 4 heterocycles. The first-order valence-corrected chi connectivity index (χ1v) is 9.42. The number of carbonyl (C=O) groups is 1. The molecule has 1 aromatic carbocycles. The van der Waals surface area contributed by atoms with Gasteiger partial charge in [-0.3, -0.25) is 9.63 Å². The van der Waals surface area contributed by atoms with E-state index >= 15 is 0 Å². The van der Waals surface area contributed by atoms with E-state index in [1.807, 2.05) is 0 Å². The van der Waals surface area contributed by atoms with E-state index in [1.165, 1.54) is 37.1 Å². The Morgan fingerprint density at radius 1 is 1.19 bits per heavy atom. The van der Waals surface area contributed by atoms with E-state index in [0.717, 1.165) is 19.0 Å². The predicted octanol–water partition coefficient (Wildman–Crippen LogP) is 3.25. The van der Waals surface area contributed by atoms with Gasteiger partial charge in [0.1, 0.15) is 6.26 Å². The first kappa shape index (κ1) is 16.3. The van der Waals surface area contributed by atoms with E-state index in [9.17, 15) is 4.79 Å². The highest BCUT2D eigenvalue weighted by Crippen LogP contribution is 2.45. The van der Waals surface area contributed by atoms with Crippen LogP contribution in [0.3, 0.4) is 0 Å². The number of halogens is 1. The highest BCUT2D eigenvalue weighted by molar-refractivity contribution is 6.30. The molecule has 3 aliphatic heterocycles. The number of anilines is 1. The number of benzene rings is 1. The summed E-state index contributed by atoms with van der Waals surface area (Å²) >= 11 is 6.01. The zero-order valence-electron chi connectivity index (χ0n) is 14.3. The molecular formula is C19H20ClN3O3. The minimum Gasteiger partial charge on any atom is -0.451 e. The van der Waals surface area contributed by atoms with Crippen molar-refractivity contribution in [3.63, 3.8) is 0 Å². The number of rotatable bonds is 4. The molecule has 1 aromatic heterocycles. The maximum absolute atomic E-state index is 13.0. The van der Waals surface area contributed by atoms with Crippen molar-refractivity contribution >= 4 is 23.2 Å². The monoisotopic (exact) mass is 373 g/mol. The van der Waals surface area contributed by atoms with Crippen molar-refractivity contribution < 1.29 is 14.0 Å². The lowest BCUT2D eigenvalue weighted by Crippen LogP contribution is -2.62. The summed E-state index contributed by atoms with van der Waals surface area (Å²) in [7, 11) is 0. The number of hydrogen-bond acceptors (Lipinski definition) is 5. The van der Waals surface area contributed by atoms with Crippen LogP contribution in [-0.2, 0) is 4.84 Å². The third-order valence-corrected chi connectivity index (χ3v) is 6.08. The highest BCUT2D eigenvalue weighted by Gasteiger charge is 2.49. The number of hydroxylamine groups is 1. The lowest BCUT2D eigenvalue weighted by atomic mass is 9.66. The van der Waals surface area contributed by atoms with E-state index in [2.05, 4.69) is 9.88 Å². The normalized spacial score (nSPS) is 32.0. The molecule has 0 radical (unpaired) electrons. The van der Waals surface area contributed by atoms with Gasteiger partial charge in [0.2, 0.25) is 0 Å². The van der Waals surface area contributed by atoms with Gasteiger partial charge in [0.05, 0.1) is 11.8 Å². The highest BCUT2D eigenvalue weighted by atomic mass is 35.5. The molecule has 136 valence electrons. The fourth-order valence-corrected chi connectivity index (χ4v) is 5.01. The second kappa shape index (κ2) is 6.37. The fourth-order valence-electron chi connectivity index (χ4n) is 4.88. The van der Waals surface area contributed by atoms with E-state index < -0.39 is 0 Å². The summed E-state index contributed by atoms with van der Waals surface area (Å²) in [4.78, 5) is 25.9. The van der Waals surface area contributed by atoms with Gasteiger partial charge in [0.25, 0.3) is 0 Å². The van der Waals surface area contributed by atoms with Crippen LogP contribution >= 0.6 is 11.6 Å². The van der Waals surface area contributed by atoms with Gasteiger partial charge in [-0.15, -0.1) is 0 Å². The average Bonchev–Trinajstić information content (AvgIpc) is 3.16. The molecule has 4 bridgehead atoms. The molecule has 2 aromatic rings. The van der Waals surface area contributed by atoms with Gasteiger partial charge in [-0.1, -0.05) is 11.6 Å². The number of amides is 1. The Kier molecular flexibility index (Phi) is 3.99. The molecule has 7 heteroatoms. The quantitative estimate of drug-likeness (QED) is 0.770. The van der Waals surface area contributed by atoms with Gasteiger partial charge in [0.15, 0.2) is 12.1 Å². The molecule has 4 fully saturated rings. The second-order valence-electron chi connectivity index (χ2n) is 7.60. The fraction of sp³-hybridized carbons (Fsp3) is 0.474. The third kappa shape index (κ3) is 2.82. The van der Waals surface area contributed by atoms with Crippen molar-refractivity contribution in [1.82, 2.24) is 9.88 Å². The molecular weight excluding hydrogens is 354 g/mol. The first-order chi connectivity index (χ1) is 12.7. The topological polar surface area (TPSA) is 58.8 Å². The van der Waals surface area contributed by atoms with Crippen LogP contribution < -0.4 is 5.06 Å². The lowest BCUT2D eigenvalue weighted by molar-refractivity contribution is -0.140. The second-order valence-corrected chi connectivity index (χ2v) is 8.03. The Labute approximate surface area is 156 Å². The van der Waals surface area contributed by atoms with Gasteiger partial charge in [-0.05, 0) is 43.0 Å². The average molecular weight is 374 g/mol. The molecule has 0 spiro atoms. The van der Waals surface area contributed by atoms with Gasteiger partial charge in [-0.25, -0.2) is 4.98 Å². The first-order valence-electron chi connectivity index (χ1n) is 9.04. The number of hydrogen-bond donors (Lipinski definition) is 0. The Bertz CT molecular complexity index is 765. The summed E-state index contributed by atoms with van der Waals surface area (Å²) in [5.41, 5.74) is 0.879. The third-order valence-electron chi connectivity index (χ3n) is 5.83. The number of nitrogens with zero attached hydrogens (tertiary/aromatic N) is 3. The summed E-state index contributed by atoms with van der Waals surface area (Å²) < 4.78 is 4.98. The Morgan fingerprint density at radius 3 is 2.54 bits per heavy atom. The maximum atomic E-state index is 13.0. The van der Waals surface area contributed by atoms with Crippen molar-refractivity contribution in [3.8, 4) is 0 Å². The minimum atomic E-state index is -0.324. The van der Waals surface area contributed by atoms with Gasteiger partial charge in [-0.2, -0.15) is 5.06 Å². The van der Waals surface area contributed by atoms with Gasteiger partial charge >= 0.3 is 5.91 Å². The van der Waals surface area contributed by atoms with E-state index in [0.29, 0.717) is 22.5 Å². The van der Waals surface area contributed by atoms with Crippen molar-refractivity contribution in [1.29, 1.82) is 0 Å². The Balaban J connectivity index is 1.44. The van der Waals surface area contributed by atoms with Crippen molar-refractivity contribution in [2.24, 2.45) is 17.8 Å². The summed E-state index contributed by atoms with van der Waals surface area (Å²) in [5.74, 6) is 1.40. The molecule has 4 aliphatic rings. The van der Waals surface area contributed by atoms with Crippen LogP contribution in [0.4, 0.5) is 5.69 Å². The summed E-state index contributed by atoms with van der Waals surface area (Å²) in [5, 5.41) is 1.99. The van der Waals surface area contributed by atoms with Crippen LogP contribution in [-0.4, -0.2) is 41.5 Å². The van der Waals surface area contributed by atoms with Crippen LogP contribution in [0.5, 0.6) is 0 Å². The molecule has 6 rings (SSSR count). The number of piperidine rings is 3. The summed E-state index contributed by atoms with van der Waals surface area (Å²) in [6.45, 7) is 3.34. The molecule has 26 heavy (non-hydrogen) atoms. The molecule has 1 amide bonds. The minimum absolute atomic E-state index is 0.0503. The Hall–Kier alpha value is -1.89. The number of oxazole rings is 1. The number of aromatic nitrogens is 1. The standard InChI is InChI=1S/C19H20ClN3O3/c20-15-1-3-16(4-2-15)23(19(24)17-10-25-11-21-17)26-18-13-5-12-6-14(18)9-22(7-12)8-13/h1-4,10-14,18H,5-9H2/t12?,13-,14-,18?/m0/s1. The predicted molar refractivity (Wildman–Crippen MR) is 95.8 cm³/mol. The van der Waals surface area contributed by atoms with Crippen LogP contribution in [0, 0.1) is 17.8 Å². The maximum Gasteiger partial charge on any atom is 0.304 e. The molecule has 2 atom stereocenters. The van der Waals surface area contributed by atoms with E-state index in [-0.39, 0.29) is 17.7 Å². The van der Waals surface area contributed by atoms with E-state index in [4.69, 9.17) is 20.9 Å². The number of carbonyl (C=O) groups excluding carboxylic acids is 1. The van der Waals surface area contributed by atoms with Crippen molar-refractivity contribution in [2.45, 2.75) is 18.9 Å². The summed E-state index contributed by atoms with van der Waals surface area (Å²) in [6.07, 6.45) is 5.02. The van der Waals surface area contributed by atoms with Crippen LogP contribution in [0.15, 0.2) is 41.3 Å². The zero-order chi connectivity index (χ0) is 17.7. The molecule has 1 saturated carbocycles. The zero-order valence-corrected chi connectivity index (χ0v) is 15.0. The Morgan fingerprint density at radius 2 is 1.92 bits per heavy atom. The molecule has 6 nitrogen and oxygen atoms in total.